The Hall–Kier alpha value is -2.21. The van der Waals surface area contributed by atoms with Crippen LogP contribution in [0, 0.1) is 23.0 Å². The molecule has 3 heteroatoms. The Bertz CT molecular complexity index is 896. The van der Waals surface area contributed by atoms with Gasteiger partial charge >= 0.3 is 0 Å². The molecular weight excluding hydrogens is 352 g/mol. The summed E-state index contributed by atoms with van der Waals surface area (Å²) in [6.07, 6.45) is 0.475. The van der Waals surface area contributed by atoms with Crippen LogP contribution in [-0.4, -0.2) is 0 Å². The molecule has 0 N–H and O–H groups in total. The van der Waals surface area contributed by atoms with Crippen LogP contribution in [0.4, 0.5) is 8.78 Å². The SMILES string of the molecule is CC(C)(C)c1c(F)cc(CC(C)(C)c2cccc(C#N)c2C(C)(C)C)cc1F. The first kappa shape index (κ1) is 22.1. The summed E-state index contributed by atoms with van der Waals surface area (Å²) >= 11 is 0. The molecule has 28 heavy (non-hydrogen) atoms. The van der Waals surface area contributed by atoms with Gasteiger partial charge in [-0.1, -0.05) is 67.5 Å². The van der Waals surface area contributed by atoms with Crippen molar-refractivity contribution in [3.8, 4) is 6.07 Å². The van der Waals surface area contributed by atoms with E-state index in [9.17, 15) is 14.0 Å². The second-order valence-corrected chi connectivity index (χ2v) is 10.3. The first-order valence-corrected chi connectivity index (χ1v) is 9.71. The number of nitriles is 1. The first-order valence-electron chi connectivity index (χ1n) is 9.71. The number of halogens is 2. The molecule has 150 valence electrons. The van der Waals surface area contributed by atoms with E-state index >= 15 is 0 Å². The molecule has 0 unspecified atom stereocenters. The molecule has 0 amide bonds. The lowest BCUT2D eigenvalue weighted by molar-refractivity contribution is 0.464. The Labute approximate surface area is 168 Å². The Morgan fingerprint density at radius 2 is 1.32 bits per heavy atom. The van der Waals surface area contributed by atoms with E-state index in [0.717, 1.165) is 11.1 Å². The molecular formula is C25H31F2N. The summed E-state index contributed by atoms with van der Waals surface area (Å²) in [7, 11) is 0. The number of hydrogen-bond acceptors (Lipinski definition) is 1. The van der Waals surface area contributed by atoms with Gasteiger partial charge in [-0.2, -0.15) is 5.26 Å². The van der Waals surface area contributed by atoms with Crippen molar-refractivity contribution in [1.29, 1.82) is 5.26 Å². The highest BCUT2D eigenvalue weighted by molar-refractivity contribution is 5.50. The number of hydrogen-bond donors (Lipinski definition) is 0. The summed E-state index contributed by atoms with van der Waals surface area (Å²) in [6.45, 7) is 15.8. The quantitative estimate of drug-likeness (QED) is 0.562. The van der Waals surface area contributed by atoms with Crippen molar-refractivity contribution in [2.75, 3.05) is 0 Å². The Balaban J connectivity index is 2.56. The highest BCUT2D eigenvalue weighted by Gasteiger charge is 2.31. The molecule has 2 aromatic rings. The molecule has 0 aliphatic rings. The minimum absolute atomic E-state index is 0.121. The third kappa shape index (κ3) is 4.43. The van der Waals surface area contributed by atoms with Crippen LogP contribution in [0.5, 0.6) is 0 Å². The molecule has 0 spiro atoms. The fourth-order valence-corrected chi connectivity index (χ4v) is 4.07. The maximum atomic E-state index is 14.7. The second-order valence-electron chi connectivity index (χ2n) is 10.3. The van der Waals surface area contributed by atoms with Crippen molar-refractivity contribution in [2.45, 2.75) is 78.1 Å². The van der Waals surface area contributed by atoms with Gasteiger partial charge in [0.1, 0.15) is 11.6 Å². The third-order valence-electron chi connectivity index (χ3n) is 5.16. The molecule has 0 atom stereocenters. The van der Waals surface area contributed by atoms with Gasteiger partial charge in [0, 0.05) is 5.56 Å². The molecule has 0 bridgehead atoms. The van der Waals surface area contributed by atoms with Gasteiger partial charge < -0.3 is 0 Å². The Kier molecular flexibility index (Phi) is 5.77. The van der Waals surface area contributed by atoms with Crippen LogP contribution in [0.1, 0.15) is 83.2 Å². The Morgan fingerprint density at radius 1 is 0.821 bits per heavy atom. The third-order valence-corrected chi connectivity index (χ3v) is 5.16. The second kappa shape index (κ2) is 7.32. The van der Waals surface area contributed by atoms with Gasteiger partial charge in [-0.05, 0) is 57.6 Å². The highest BCUT2D eigenvalue weighted by atomic mass is 19.1. The zero-order valence-corrected chi connectivity index (χ0v) is 18.3. The van der Waals surface area contributed by atoms with Gasteiger partial charge in [-0.3, -0.25) is 0 Å². The summed E-state index contributed by atoms with van der Waals surface area (Å²) in [4.78, 5) is 0. The van der Waals surface area contributed by atoms with Crippen molar-refractivity contribution in [2.24, 2.45) is 0 Å². The van der Waals surface area contributed by atoms with E-state index in [4.69, 9.17) is 0 Å². The summed E-state index contributed by atoms with van der Waals surface area (Å²) in [5.74, 6) is -1.000. The van der Waals surface area contributed by atoms with Crippen LogP contribution < -0.4 is 0 Å². The zero-order chi connectivity index (χ0) is 21.5. The topological polar surface area (TPSA) is 23.8 Å². The van der Waals surface area contributed by atoms with Crippen molar-refractivity contribution in [1.82, 2.24) is 0 Å². The molecule has 0 aliphatic heterocycles. The maximum Gasteiger partial charge on any atom is 0.130 e. The van der Waals surface area contributed by atoms with Gasteiger partial charge in [0.2, 0.25) is 0 Å². The van der Waals surface area contributed by atoms with Gasteiger partial charge in [0.15, 0.2) is 0 Å². The standard InChI is InChI=1S/C25H31F2N/c1-23(2,3)21-17(15-28)10-9-11-18(21)25(7,8)14-16-12-19(26)22(20(27)13-16)24(4,5)6/h9-13H,14H2,1-8H3. The summed E-state index contributed by atoms with van der Waals surface area (Å²) in [5, 5.41) is 9.59. The lowest BCUT2D eigenvalue weighted by Crippen LogP contribution is -2.28. The van der Waals surface area contributed by atoms with Crippen molar-refractivity contribution in [3.05, 3.63) is 69.8 Å². The molecule has 2 rings (SSSR count). The average Bonchev–Trinajstić information content (AvgIpc) is 2.50. The molecule has 0 saturated carbocycles. The predicted octanol–water partition coefficient (Wildman–Crippen LogP) is 6.95. The van der Waals surface area contributed by atoms with E-state index in [1.807, 2.05) is 18.2 Å². The van der Waals surface area contributed by atoms with Crippen LogP contribution >= 0.6 is 0 Å². The number of rotatable bonds is 3. The molecule has 0 aliphatic carbocycles. The van der Waals surface area contributed by atoms with Crippen molar-refractivity contribution < 1.29 is 8.78 Å². The van der Waals surface area contributed by atoms with E-state index in [1.54, 1.807) is 20.8 Å². The molecule has 2 aromatic carbocycles. The predicted molar refractivity (Wildman–Crippen MR) is 112 cm³/mol. The van der Waals surface area contributed by atoms with Gasteiger partial charge in [0.05, 0.1) is 11.6 Å². The summed E-state index contributed by atoms with van der Waals surface area (Å²) in [5.41, 5.74) is 2.23. The van der Waals surface area contributed by atoms with Gasteiger partial charge in [-0.25, -0.2) is 8.78 Å². The average molecular weight is 384 g/mol. The van der Waals surface area contributed by atoms with Crippen LogP contribution in [-0.2, 0) is 22.7 Å². The largest absolute Gasteiger partial charge is 0.207 e. The minimum Gasteiger partial charge on any atom is -0.207 e. The van der Waals surface area contributed by atoms with Crippen LogP contribution in [0.25, 0.3) is 0 Å². The van der Waals surface area contributed by atoms with Gasteiger partial charge in [0.25, 0.3) is 0 Å². The van der Waals surface area contributed by atoms with Crippen molar-refractivity contribution >= 4 is 0 Å². The normalized spacial score (nSPS) is 12.8. The smallest absolute Gasteiger partial charge is 0.130 e. The van der Waals surface area contributed by atoms with E-state index in [2.05, 4.69) is 40.7 Å². The lowest BCUT2D eigenvalue weighted by Gasteiger charge is -2.34. The fraction of sp³-hybridized carbons (Fsp3) is 0.480. The molecule has 1 nitrogen and oxygen atoms in total. The first-order chi connectivity index (χ1) is 12.7. The molecule has 0 radical (unpaired) electrons. The van der Waals surface area contributed by atoms with Crippen LogP contribution in [0.3, 0.4) is 0 Å². The van der Waals surface area contributed by atoms with E-state index in [0.29, 0.717) is 17.5 Å². The molecule has 0 saturated heterocycles. The van der Waals surface area contributed by atoms with E-state index in [-0.39, 0.29) is 11.0 Å². The summed E-state index contributed by atoms with van der Waals surface area (Å²) < 4.78 is 29.4. The number of benzene rings is 2. The van der Waals surface area contributed by atoms with E-state index in [1.165, 1.54) is 12.1 Å². The van der Waals surface area contributed by atoms with E-state index < -0.39 is 22.5 Å². The zero-order valence-electron chi connectivity index (χ0n) is 18.3. The summed E-state index contributed by atoms with van der Waals surface area (Å²) in [6, 6.07) is 11.0. The molecule has 0 fully saturated rings. The highest BCUT2D eigenvalue weighted by Crippen LogP contribution is 2.38. The monoisotopic (exact) mass is 383 g/mol. The lowest BCUT2D eigenvalue weighted by atomic mass is 9.70. The van der Waals surface area contributed by atoms with Crippen molar-refractivity contribution in [3.63, 3.8) is 0 Å². The molecule has 0 aromatic heterocycles. The maximum absolute atomic E-state index is 14.7. The molecule has 0 heterocycles. The Morgan fingerprint density at radius 3 is 1.75 bits per heavy atom. The minimum atomic E-state index is -0.594. The fourth-order valence-electron chi connectivity index (χ4n) is 4.07. The van der Waals surface area contributed by atoms with Gasteiger partial charge in [-0.15, -0.1) is 0 Å². The van der Waals surface area contributed by atoms with Crippen LogP contribution in [0.2, 0.25) is 0 Å². The van der Waals surface area contributed by atoms with Crippen LogP contribution in [0.15, 0.2) is 30.3 Å². The number of nitrogens with zero attached hydrogens (tertiary/aromatic N) is 1.